The Morgan fingerprint density at radius 1 is 0.900 bits per heavy atom. The average molecular weight is 433 g/mol. The molecule has 0 saturated carbocycles. The molecule has 0 aliphatic carbocycles. The summed E-state index contributed by atoms with van der Waals surface area (Å²) in [7, 11) is -4.09. The number of carbonyl (C=O) groups is 1. The highest BCUT2D eigenvalue weighted by Gasteiger charge is 2.18. The standard InChI is InChI=1S/C19H13F2N3O5S/c20-17-9-8-14(10-18(17)21)22-19(25)12-4-6-13(7-5-12)23-30(28,29)16-3-1-2-15(11-16)24(26)27/h1-11,23H,(H,22,25). The van der Waals surface area contributed by atoms with Crippen LogP contribution in [0.15, 0.2) is 71.6 Å². The maximum atomic E-state index is 13.2. The summed E-state index contributed by atoms with van der Waals surface area (Å²) in [5.74, 6) is -2.78. The molecule has 0 saturated heterocycles. The summed E-state index contributed by atoms with van der Waals surface area (Å²) >= 11 is 0. The number of nitrogens with zero attached hydrogens (tertiary/aromatic N) is 1. The van der Waals surface area contributed by atoms with Gasteiger partial charge in [-0.1, -0.05) is 6.07 Å². The van der Waals surface area contributed by atoms with Crippen molar-refractivity contribution in [2.45, 2.75) is 4.90 Å². The molecule has 0 aliphatic rings. The van der Waals surface area contributed by atoms with Crippen molar-refractivity contribution >= 4 is 33.0 Å². The fraction of sp³-hybridized carbons (Fsp3) is 0. The van der Waals surface area contributed by atoms with E-state index in [9.17, 15) is 32.1 Å². The molecule has 0 aromatic heterocycles. The van der Waals surface area contributed by atoms with E-state index in [-0.39, 0.29) is 27.5 Å². The first-order valence-corrected chi connectivity index (χ1v) is 9.78. The van der Waals surface area contributed by atoms with Crippen LogP contribution < -0.4 is 10.0 Å². The predicted octanol–water partition coefficient (Wildman–Crippen LogP) is 3.93. The zero-order chi connectivity index (χ0) is 21.9. The Kier molecular flexibility index (Phi) is 5.74. The van der Waals surface area contributed by atoms with Crippen LogP contribution in [0.5, 0.6) is 0 Å². The number of non-ortho nitro benzene ring substituents is 1. The van der Waals surface area contributed by atoms with Crippen LogP contribution in [0, 0.1) is 21.7 Å². The van der Waals surface area contributed by atoms with E-state index in [2.05, 4.69) is 10.0 Å². The van der Waals surface area contributed by atoms with E-state index in [0.29, 0.717) is 0 Å². The van der Waals surface area contributed by atoms with Gasteiger partial charge in [0.05, 0.1) is 9.82 Å². The van der Waals surface area contributed by atoms with Crippen LogP contribution in [-0.4, -0.2) is 19.2 Å². The fourth-order valence-corrected chi connectivity index (χ4v) is 3.54. The van der Waals surface area contributed by atoms with Gasteiger partial charge in [0.2, 0.25) is 0 Å². The summed E-state index contributed by atoms with van der Waals surface area (Å²) in [4.78, 5) is 22.0. The molecule has 0 unspecified atom stereocenters. The number of nitrogens with one attached hydrogen (secondary N) is 2. The molecule has 0 aliphatic heterocycles. The number of rotatable bonds is 6. The molecule has 0 bridgehead atoms. The molecule has 0 spiro atoms. The first-order chi connectivity index (χ1) is 14.2. The Labute approximate surface area is 169 Å². The molecule has 0 fully saturated rings. The van der Waals surface area contributed by atoms with E-state index in [1.54, 1.807) is 0 Å². The van der Waals surface area contributed by atoms with Crippen LogP contribution in [0.4, 0.5) is 25.8 Å². The first kappa shape index (κ1) is 20.9. The van der Waals surface area contributed by atoms with Gasteiger partial charge in [-0.05, 0) is 42.5 Å². The maximum Gasteiger partial charge on any atom is 0.270 e. The number of benzene rings is 3. The molecule has 11 heteroatoms. The van der Waals surface area contributed by atoms with Crippen molar-refractivity contribution in [2.75, 3.05) is 10.0 Å². The monoisotopic (exact) mass is 433 g/mol. The number of anilines is 2. The minimum atomic E-state index is -4.09. The molecule has 0 atom stereocenters. The topological polar surface area (TPSA) is 118 Å². The first-order valence-electron chi connectivity index (χ1n) is 8.29. The lowest BCUT2D eigenvalue weighted by molar-refractivity contribution is -0.385. The summed E-state index contributed by atoms with van der Waals surface area (Å²) in [6, 6.07) is 12.7. The predicted molar refractivity (Wildman–Crippen MR) is 105 cm³/mol. The lowest BCUT2D eigenvalue weighted by atomic mass is 10.2. The van der Waals surface area contributed by atoms with Gasteiger partial charge in [0, 0.05) is 35.1 Å². The Morgan fingerprint density at radius 3 is 2.20 bits per heavy atom. The van der Waals surface area contributed by atoms with Gasteiger partial charge in [0.15, 0.2) is 11.6 Å². The second-order valence-electron chi connectivity index (χ2n) is 6.02. The van der Waals surface area contributed by atoms with Gasteiger partial charge in [0.1, 0.15) is 0 Å². The third kappa shape index (κ3) is 4.75. The Hall–Kier alpha value is -3.86. The van der Waals surface area contributed by atoms with E-state index in [0.717, 1.165) is 18.2 Å². The zero-order valence-electron chi connectivity index (χ0n) is 15.0. The Balaban J connectivity index is 1.73. The van der Waals surface area contributed by atoms with Crippen LogP contribution >= 0.6 is 0 Å². The summed E-state index contributed by atoms with van der Waals surface area (Å²) in [6.07, 6.45) is 0. The van der Waals surface area contributed by atoms with Gasteiger partial charge in [-0.15, -0.1) is 0 Å². The molecule has 154 valence electrons. The second kappa shape index (κ2) is 8.25. The molecule has 0 radical (unpaired) electrons. The van der Waals surface area contributed by atoms with Gasteiger partial charge in [0.25, 0.3) is 21.6 Å². The summed E-state index contributed by atoms with van der Waals surface area (Å²) < 4.78 is 53.3. The lowest BCUT2D eigenvalue weighted by Gasteiger charge is -2.09. The molecule has 2 N–H and O–H groups in total. The molecule has 30 heavy (non-hydrogen) atoms. The number of hydrogen-bond donors (Lipinski definition) is 2. The van der Waals surface area contributed by atoms with Gasteiger partial charge >= 0.3 is 0 Å². The smallest absolute Gasteiger partial charge is 0.270 e. The van der Waals surface area contributed by atoms with Crippen LogP contribution in [0.3, 0.4) is 0 Å². The van der Waals surface area contributed by atoms with Crippen LogP contribution in [0.2, 0.25) is 0 Å². The van der Waals surface area contributed by atoms with E-state index >= 15 is 0 Å². The molecule has 8 nitrogen and oxygen atoms in total. The molecule has 0 heterocycles. The third-order valence-electron chi connectivity index (χ3n) is 3.92. The maximum absolute atomic E-state index is 13.2. The van der Waals surface area contributed by atoms with Gasteiger partial charge in [-0.25, -0.2) is 17.2 Å². The largest absolute Gasteiger partial charge is 0.322 e. The van der Waals surface area contributed by atoms with Crippen molar-refractivity contribution in [3.8, 4) is 0 Å². The quantitative estimate of drug-likeness (QED) is 0.451. The highest BCUT2D eigenvalue weighted by Crippen LogP contribution is 2.21. The summed E-state index contributed by atoms with van der Waals surface area (Å²) in [5, 5.41) is 13.2. The number of nitro groups is 1. The van der Waals surface area contributed by atoms with Crippen molar-refractivity contribution in [3.05, 3.63) is 94.0 Å². The number of amides is 1. The number of nitro benzene ring substituents is 1. The van der Waals surface area contributed by atoms with Crippen molar-refractivity contribution in [1.29, 1.82) is 0 Å². The molecule has 1 amide bonds. The molecule has 3 aromatic carbocycles. The van der Waals surface area contributed by atoms with Gasteiger partial charge < -0.3 is 5.32 Å². The minimum absolute atomic E-state index is 0.0503. The van der Waals surface area contributed by atoms with E-state index in [1.807, 2.05) is 0 Å². The van der Waals surface area contributed by atoms with Crippen LogP contribution in [0.25, 0.3) is 0 Å². The lowest BCUT2D eigenvalue weighted by Crippen LogP contribution is -2.14. The second-order valence-corrected chi connectivity index (χ2v) is 7.70. The van der Waals surface area contributed by atoms with E-state index in [4.69, 9.17) is 0 Å². The van der Waals surface area contributed by atoms with Gasteiger partial charge in [-0.2, -0.15) is 0 Å². The highest BCUT2D eigenvalue weighted by molar-refractivity contribution is 7.92. The minimum Gasteiger partial charge on any atom is -0.322 e. The van der Waals surface area contributed by atoms with E-state index in [1.165, 1.54) is 48.5 Å². The average Bonchev–Trinajstić information content (AvgIpc) is 2.71. The van der Waals surface area contributed by atoms with Crippen molar-refractivity contribution < 1.29 is 26.9 Å². The molecular formula is C19H13F2N3O5S. The number of halogens is 2. The Morgan fingerprint density at radius 2 is 1.57 bits per heavy atom. The summed E-state index contributed by atoms with van der Waals surface area (Å²) in [5.41, 5.74) is -0.0691. The van der Waals surface area contributed by atoms with Crippen molar-refractivity contribution in [1.82, 2.24) is 0 Å². The molecule has 3 aromatic rings. The zero-order valence-corrected chi connectivity index (χ0v) is 15.8. The SMILES string of the molecule is O=C(Nc1ccc(F)c(F)c1)c1ccc(NS(=O)(=O)c2cccc([N+](=O)[O-])c2)cc1. The summed E-state index contributed by atoms with van der Waals surface area (Å²) in [6.45, 7) is 0. The fourth-order valence-electron chi connectivity index (χ4n) is 2.45. The number of hydrogen-bond acceptors (Lipinski definition) is 5. The third-order valence-corrected chi connectivity index (χ3v) is 5.29. The highest BCUT2D eigenvalue weighted by atomic mass is 32.2. The Bertz CT molecular complexity index is 1230. The molecule has 3 rings (SSSR count). The van der Waals surface area contributed by atoms with Crippen molar-refractivity contribution in [3.63, 3.8) is 0 Å². The van der Waals surface area contributed by atoms with E-state index < -0.39 is 32.5 Å². The number of carbonyl (C=O) groups excluding carboxylic acids is 1. The molecular weight excluding hydrogens is 420 g/mol. The van der Waals surface area contributed by atoms with Gasteiger partial charge in [-0.3, -0.25) is 19.6 Å². The van der Waals surface area contributed by atoms with Crippen LogP contribution in [0.1, 0.15) is 10.4 Å². The van der Waals surface area contributed by atoms with Crippen molar-refractivity contribution in [2.24, 2.45) is 0 Å². The van der Waals surface area contributed by atoms with Crippen LogP contribution in [-0.2, 0) is 10.0 Å². The number of sulfonamides is 1. The normalized spacial score (nSPS) is 11.0.